The molecule has 1 atom stereocenters. The van der Waals surface area contributed by atoms with Crippen molar-refractivity contribution < 1.29 is 17.6 Å². The first-order valence-corrected chi connectivity index (χ1v) is 8.03. The summed E-state index contributed by atoms with van der Waals surface area (Å²) in [5.74, 6) is -1.87. The molecule has 2 N–H and O–H groups in total. The number of primary amides is 1. The van der Waals surface area contributed by atoms with E-state index in [1.807, 2.05) is 0 Å². The third-order valence-electron chi connectivity index (χ3n) is 3.24. The van der Waals surface area contributed by atoms with Gasteiger partial charge in [-0.1, -0.05) is 11.6 Å². The number of halogens is 2. The zero-order valence-corrected chi connectivity index (χ0v) is 12.1. The summed E-state index contributed by atoms with van der Waals surface area (Å²) in [7, 11) is -3.81. The molecule has 8 heteroatoms. The predicted octanol–water partition coefficient (Wildman–Crippen LogP) is 1.26. The normalized spacial score (nSPS) is 20.2. The molecule has 1 saturated heterocycles. The Morgan fingerprint density at radius 3 is 2.85 bits per heavy atom. The van der Waals surface area contributed by atoms with Crippen LogP contribution in [-0.2, 0) is 20.6 Å². The fraction of sp³-hybridized carbons (Fsp3) is 0.417. The molecule has 1 aliphatic heterocycles. The minimum absolute atomic E-state index is 0.0207. The highest BCUT2D eigenvalue weighted by molar-refractivity contribution is 7.88. The van der Waals surface area contributed by atoms with Gasteiger partial charge in [0, 0.05) is 17.1 Å². The Morgan fingerprint density at radius 1 is 1.50 bits per heavy atom. The maximum atomic E-state index is 13.6. The van der Waals surface area contributed by atoms with Crippen molar-refractivity contribution in [3.8, 4) is 0 Å². The number of carbonyl (C=O) groups excluding carboxylic acids is 1. The summed E-state index contributed by atoms with van der Waals surface area (Å²) in [4.78, 5) is 11.3. The molecule has 0 radical (unpaired) electrons. The summed E-state index contributed by atoms with van der Waals surface area (Å²) in [5.41, 5.74) is 5.17. The molecule has 0 saturated carbocycles. The SMILES string of the molecule is NC(=O)[C@@H]1CCCN1S(=O)(=O)Cc1cc(Cl)ccc1F. The zero-order chi connectivity index (χ0) is 14.9. The molecule has 0 aromatic heterocycles. The van der Waals surface area contributed by atoms with E-state index in [9.17, 15) is 17.6 Å². The minimum atomic E-state index is -3.81. The first kappa shape index (κ1) is 15.2. The van der Waals surface area contributed by atoms with Gasteiger partial charge in [-0.25, -0.2) is 12.8 Å². The lowest BCUT2D eigenvalue weighted by molar-refractivity contribution is -0.121. The molecule has 0 spiro atoms. The second-order valence-electron chi connectivity index (χ2n) is 4.66. The quantitative estimate of drug-likeness (QED) is 0.907. The summed E-state index contributed by atoms with van der Waals surface area (Å²) in [6.07, 6.45) is 0.956. The van der Waals surface area contributed by atoms with Crippen molar-refractivity contribution in [1.82, 2.24) is 4.31 Å². The van der Waals surface area contributed by atoms with Crippen molar-refractivity contribution >= 4 is 27.5 Å². The summed E-state index contributed by atoms with van der Waals surface area (Å²) >= 11 is 5.74. The zero-order valence-electron chi connectivity index (χ0n) is 10.6. The van der Waals surface area contributed by atoms with E-state index in [1.54, 1.807) is 0 Å². The van der Waals surface area contributed by atoms with Gasteiger partial charge in [-0.15, -0.1) is 0 Å². The first-order valence-electron chi connectivity index (χ1n) is 6.04. The Labute approximate surface area is 121 Å². The van der Waals surface area contributed by atoms with Crippen LogP contribution < -0.4 is 5.73 Å². The molecule has 1 aliphatic rings. The monoisotopic (exact) mass is 320 g/mol. The molecule has 1 fully saturated rings. The van der Waals surface area contributed by atoms with Crippen LogP contribution in [0.15, 0.2) is 18.2 Å². The van der Waals surface area contributed by atoms with Crippen LogP contribution >= 0.6 is 11.6 Å². The van der Waals surface area contributed by atoms with Gasteiger partial charge in [0.25, 0.3) is 0 Å². The molecule has 2 rings (SSSR count). The largest absolute Gasteiger partial charge is 0.368 e. The molecule has 1 heterocycles. The number of sulfonamides is 1. The molecule has 20 heavy (non-hydrogen) atoms. The van der Waals surface area contributed by atoms with Gasteiger partial charge in [0.1, 0.15) is 11.9 Å². The van der Waals surface area contributed by atoms with E-state index in [0.29, 0.717) is 12.8 Å². The molecule has 5 nitrogen and oxygen atoms in total. The highest BCUT2D eigenvalue weighted by atomic mass is 35.5. The summed E-state index contributed by atoms with van der Waals surface area (Å²) in [6, 6.07) is 2.88. The molecular weight excluding hydrogens is 307 g/mol. The van der Waals surface area contributed by atoms with Gasteiger partial charge >= 0.3 is 0 Å². The summed E-state index contributed by atoms with van der Waals surface area (Å²) in [5, 5.41) is 0.254. The van der Waals surface area contributed by atoms with Crippen molar-refractivity contribution in [3.05, 3.63) is 34.6 Å². The minimum Gasteiger partial charge on any atom is -0.368 e. The average molecular weight is 321 g/mol. The van der Waals surface area contributed by atoms with E-state index in [1.165, 1.54) is 12.1 Å². The van der Waals surface area contributed by atoms with E-state index in [-0.39, 0.29) is 17.1 Å². The summed E-state index contributed by atoms with van der Waals surface area (Å²) < 4.78 is 39.2. The number of benzene rings is 1. The van der Waals surface area contributed by atoms with Crippen LogP contribution in [0.25, 0.3) is 0 Å². The number of nitrogens with two attached hydrogens (primary N) is 1. The number of hydrogen-bond donors (Lipinski definition) is 1. The van der Waals surface area contributed by atoms with Crippen molar-refractivity contribution in [3.63, 3.8) is 0 Å². The number of amides is 1. The van der Waals surface area contributed by atoms with Crippen molar-refractivity contribution in [2.24, 2.45) is 5.73 Å². The highest BCUT2D eigenvalue weighted by Crippen LogP contribution is 2.25. The maximum absolute atomic E-state index is 13.6. The molecule has 1 amide bonds. The molecule has 0 aliphatic carbocycles. The van der Waals surface area contributed by atoms with E-state index in [0.717, 1.165) is 10.4 Å². The number of hydrogen-bond acceptors (Lipinski definition) is 3. The number of carbonyl (C=O) groups is 1. The van der Waals surface area contributed by atoms with Gasteiger partial charge in [0.15, 0.2) is 0 Å². The maximum Gasteiger partial charge on any atom is 0.235 e. The lowest BCUT2D eigenvalue weighted by Crippen LogP contribution is -2.44. The van der Waals surface area contributed by atoms with Crippen LogP contribution in [0.1, 0.15) is 18.4 Å². The number of nitrogens with zero attached hydrogens (tertiary/aromatic N) is 1. The fourth-order valence-corrected chi connectivity index (χ4v) is 4.27. The third kappa shape index (κ3) is 3.11. The first-order chi connectivity index (χ1) is 9.31. The summed E-state index contributed by atoms with van der Waals surface area (Å²) in [6.45, 7) is 0.220. The van der Waals surface area contributed by atoms with Gasteiger partial charge in [-0.05, 0) is 31.0 Å². The molecule has 110 valence electrons. The van der Waals surface area contributed by atoms with E-state index in [4.69, 9.17) is 17.3 Å². The van der Waals surface area contributed by atoms with Gasteiger partial charge in [-0.3, -0.25) is 4.79 Å². The molecule has 0 unspecified atom stereocenters. The Morgan fingerprint density at radius 2 is 2.20 bits per heavy atom. The molecule has 1 aromatic carbocycles. The lowest BCUT2D eigenvalue weighted by atomic mass is 10.2. The smallest absolute Gasteiger partial charge is 0.235 e. The van der Waals surface area contributed by atoms with E-state index >= 15 is 0 Å². The topological polar surface area (TPSA) is 80.5 Å². The molecule has 0 bridgehead atoms. The van der Waals surface area contributed by atoms with Crippen LogP contribution in [0, 0.1) is 5.82 Å². The van der Waals surface area contributed by atoms with Crippen LogP contribution in [0.5, 0.6) is 0 Å². The Balaban J connectivity index is 2.27. The third-order valence-corrected chi connectivity index (χ3v) is 5.30. The van der Waals surface area contributed by atoms with Gasteiger partial charge in [-0.2, -0.15) is 4.31 Å². The van der Waals surface area contributed by atoms with Crippen molar-refractivity contribution in [2.45, 2.75) is 24.6 Å². The average Bonchev–Trinajstić information content (AvgIpc) is 2.83. The van der Waals surface area contributed by atoms with Gasteiger partial charge in [0.2, 0.25) is 15.9 Å². The van der Waals surface area contributed by atoms with Crippen LogP contribution in [0.4, 0.5) is 4.39 Å². The van der Waals surface area contributed by atoms with E-state index < -0.39 is 33.5 Å². The lowest BCUT2D eigenvalue weighted by Gasteiger charge is -2.21. The van der Waals surface area contributed by atoms with Crippen LogP contribution in [0.2, 0.25) is 5.02 Å². The number of rotatable bonds is 4. The van der Waals surface area contributed by atoms with Crippen molar-refractivity contribution in [2.75, 3.05) is 6.54 Å². The van der Waals surface area contributed by atoms with Crippen molar-refractivity contribution in [1.29, 1.82) is 0 Å². The van der Waals surface area contributed by atoms with Gasteiger partial charge < -0.3 is 5.73 Å². The predicted molar refractivity (Wildman–Crippen MR) is 73.0 cm³/mol. The Bertz CT molecular complexity index is 636. The standard InChI is InChI=1S/C12H14ClFN2O3S/c13-9-3-4-10(14)8(6-9)7-20(18,19)16-5-1-2-11(16)12(15)17/h3-4,6,11H,1-2,5,7H2,(H2,15,17)/t11-/m0/s1. The van der Waals surface area contributed by atoms with Crippen LogP contribution in [0.3, 0.4) is 0 Å². The fourth-order valence-electron chi connectivity index (χ4n) is 2.29. The Kier molecular flexibility index (Phi) is 4.31. The second-order valence-corrected chi connectivity index (χ2v) is 7.02. The Hall–Kier alpha value is -1.18. The van der Waals surface area contributed by atoms with Gasteiger partial charge in [0.05, 0.1) is 5.75 Å². The highest BCUT2D eigenvalue weighted by Gasteiger charge is 2.37. The van der Waals surface area contributed by atoms with E-state index in [2.05, 4.69) is 0 Å². The van der Waals surface area contributed by atoms with Crippen LogP contribution in [-0.4, -0.2) is 31.2 Å². The second kappa shape index (κ2) is 5.67. The molecular formula is C12H14ClFN2O3S. The molecule has 1 aromatic rings.